The van der Waals surface area contributed by atoms with Gasteiger partial charge in [0.15, 0.2) is 0 Å². The molecule has 0 radical (unpaired) electrons. The van der Waals surface area contributed by atoms with Gasteiger partial charge in [-0.15, -0.1) is 0 Å². The van der Waals surface area contributed by atoms with Gasteiger partial charge >= 0.3 is 0 Å². The van der Waals surface area contributed by atoms with Gasteiger partial charge in [0.1, 0.15) is 11.6 Å². The van der Waals surface area contributed by atoms with E-state index < -0.39 is 17.5 Å². The normalized spacial score (nSPS) is 9.90. The molecule has 6 heteroatoms. The minimum absolute atomic E-state index is 0.0468. The summed E-state index contributed by atoms with van der Waals surface area (Å²) < 4.78 is 26.8. The van der Waals surface area contributed by atoms with Crippen molar-refractivity contribution < 1.29 is 13.6 Å². The van der Waals surface area contributed by atoms with Gasteiger partial charge in [-0.1, -0.05) is 0 Å². The van der Waals surface area contributed by atoms with Crippen LogP contribution in [0.5, 0.6) is 0 Å². The van der Waals surface area contributed by atoms with E-state index >= 15 is 0 Å². The first kappa shape index (κ1) is 14.2. The molecule has 2 aromatic rings. The number of rotatable bonds is 2. The monoisotopic (exact) mass is 336 g/mol. The van der Waals surface area contributed by atoms with Crippen molar-refractivity contribution in [1.82, 2.24) is 0 Å². The van der Waals surface area contributed by atoms with Gasteiger partial charge in [0.25, 0.3) is 5.91 Å². The minimum Gasteiger partial charge on any atom is -0.319 e. The van der Waals surface area contributed by atoms with Gasteiger partial charge in [-0.25, -0.2) is 8.78 Å². The quantitative estimate of drug-likeness (QED) is 0.905. The summed E-state index contributed by atoms with van der Waals surface area (Å²) in [6.45, 7) is 0. The molecular formula is C14H7BrF2N2O. The molecule has 0 atom stereocenters. The third-order valence-electron chi connectivity index (χ3n) is 2.53. The second-order valence-corrected chi connectivity index (χ2v) is 4.74. The van der Waals surface area contributed by atoms with Crippen molar-refractivity contribution in [2.75, 3.05) is 5.32 Å². The molecule has 0 aliphatic heterocycles. The molecule has 2 aromatic carbocycles. The molecule has 20 heavy (non-hydrogen) atoms. The van der Waals surface area contributed by atoms with Crippen LogP contribution in [0.2, 0.25) is 0 Å². The molecule has 0 heterocycles. The smallest absolute Gasteiger partial charge is 0.255 e. The predicted octanol–water partition coefficient (Wildman–Crippen LogP) is 3.85. The summed E-state index contributed by atoms with van der Waals surface area (Å²) in [5.41, 5.74) is 0.293. The Morgan fingerprint density at radius 2 is 1.90 bits per heavy atom. The first-order chi connectivity index (χ1) is 9.51. The molecule has 100 valence electrons. The standard InChI is InChI=1S/C14H7BrF2N2O/c15-10-6-9(2-3-11(10)16)14(20)19-13-4-1-8(7-18)5-12(13)17/h1-6H,(H,19,20). The summed E-state index contributed by atoms with van der Waals surface area (Å²) in [5, 5.41) is 11.0. The van der Waals surface area contributed by atoms with E-state index in [4.69, 9.17) is 5.26 Å². The summed E-state index contributed by atoms with van der Waals surface area (Å²) in [4.78, 5) is 11.9. The van der Waals surface area contributed by atoms with Crippen LogP contribution in [0.1, 0.15) is 15.9 Å². The highest BCUT2D eigenvalue weighted by atomic mass is 79.9. The molecule has 0 aliphatic carbocycles. The summed E-state index contributed by atoms with van der Waals surface area (Å²) in [6.07, 6.45) is 0. The molecule has 0 fully saturated rings. The molecule has 0 saturated carbocycles. The summed E-state index contributed by atoms with van der Waals surface area (Å²) in [6, 6.07) is 9.22. The zero-order chi connectivity index (χ0) is 14.7. The summed E-state index contributed by atoms with van der Waals surface area (Å²) in [5.74, 6) is -1.78. The van der Waals surface area contributed by atoms with Crippen molar-refractivity contribution in [2.45, 2.75) is 0 Å². The van der Waals surface area contributed by atoms with E-state index in [-0.39, 0.29) is 21.3 Å². The lowest BCUT2D eigenvalue weighted by Gasteiger charge is -2.07. The largest absolute Gasteiger partial charge is 0.319 e. The van der Waals surface area contributed by atoms with Crippen molar-refractivity contribution in [3.63, 3.8) is 0 Å². The van der Waals surface area contributed by atoms with Gasteiger partial charge in [0, 0.05) is 5.56 Å². The highest BCUT2D eigenvalue weighted by molar-refractivity contribution is 9.10. The molecule has 0 spiro atoms. The Balaban J connectivity index is 2.23. The Morgan fingerprint density at radius 3 is 2.50 bits per heavy atom. The minimum atomic E-state index is -0.710. The Hall–Kier alpha value is -2.26. The van der Waals surface area contributed by atoms with Gasteiger partial charge in [-0.05, 0) is 52.3 Å². The second-order valence-electron chi connectivity index (χ2n) is 3.89. The van der Waals surface area contributed by atoms with E-state index in [1.165, 1.54) is 24.3 Å². The van der Waals surface area contributed by atoms with Crippen molar-refractivity contribution in [2.24, 2.45) is 0 Å². The number of nitrogens with zero attached hydrogens (tertiary/aromatic N) is 1. The fraction of sp³-hybridized carbons (Fsp3) is 0. The topological polar surface area (TPSA) is 52.9 Å². The van der Waals surface area contributed by atoms with E-state index in [2.05, 4.69) is 21.2 Å². The number of nitriles is 1. The fourth-order valence-corrected chi connectivity index (χ4v) is 1.90. The second kappa shape index (κ2) is 5.80. The molecule has 0 unspecified atom stereocenters. The molecule has 1 N–H and O–H groups in total. The van der Waals surface area contributed by atoms with Crippen LogP contribution in [0.25, 0.3) is 0 Å². The lowest BCUT2D eigenvalue weighted by Crippen LogP contribution is -2.13. The maximum Gasteiger partial charge on any atom is 0.255 e. The van der Waals surface area contributed by atoms with Crippen molar-refractivity contribution in [3.05, 3.63) is 63.6 Å². The SMILES string of the molecule is N#Cc1ccc(NC(=O)c2ccc(F)c(Br)c2)c(F)c1. The predicted molar refractivity (Wildman–Crippen MR) is 73.2 cm³/mol. The highest BCUT2D eigenvalue weighted by Gasteiger charge is 2.11. The zero-order valence-corrected chi connectivity index (χ0v) is 11.5. The molecule has 2 rings (SSSR count). The van der Waals surface area contributed by atoms with Crippen LogP contribution >= 0.6 is 15.9 Å². The number of carbonyl (C=O) groups is 1. The molecule has 0 bridgehead atoms. The molecule has 0 saturated heterocycles. The van der Waals surface area contributed by atoms with Crippen molar-refractivity contribution >= 4 is 27.5 Å². The van der Waals surface area contributed by atoms with E-state index in [9.17, 15) is 13.6 Å². The number of amides is 1. The fourth-order valence-electron chi connectivity index (χ4n) is 1.52. The van der Waals surface area contributed by atoms with E-state index in [1.807, 2.05) is 0 Å². The van der Waals surface area contributed by atoms with Crippen LogP contribution in [0.3, 0.4) is 0 Å². The number of carbonyl (C=O) groups excluding carboxylic acids is 1. The zero-order valence-electron chi connectivity index (χ0n) is 9.95. The first-order valence-electron chi connectivity index (χ1n) is 5.47. The lowest BCUT2D eigenvalue weighted by molar-refractivity contribution is 0.102. The van der Waals surface area contributed by atoms with Crippen molar-refractivity contribution in [1.29, 1.82) is 5.26 Å². The van der Waals surface area contributed by atoms with E-state index in [0.29, 0.717) is 0 Å². The van der Waals surface area contributed by atoms with Crippen LogP contribution in [0.15, 0.2) is 40.9 Å². The Labute approximate surface area is 122 Å². The van der Waals surface area contributed by atoms with Crippen LogP contribution in [-0.2, 0) is 0 Å². The van der Waals surface area contributed by atoms with Crippen LogP contribution in [-0.4, -0.2) is 5.91 Å². The number of hydrogen-bond donors (Lipinski definition) is 1. The van der Waals surface area contributed by atoms with Crippen LogP contribution < -0.4 is 5.32 Å². The van der Waals surface area contributed by atoms with Gasteiger partial charge < -0.3 is 5.32 Å². The maximum absolute atomic E-state index is 13.6. The van der Waals surface area contributed by atoms with E-state index in [1.54, 1.807) is 6.07 Å². The van der Waals surface area contributed by atoms with Crippen LogP contribution in [0, 0.1) is 23.0 Å². The molecule has 1 amide bonds. The molecule has 0 aromatic heterocycles. The number of nitrogens with one attached hydrogen (secondary N) is 1. The van der Waals surface area contributed by atoms with Crippen LogP contribution in [0.4, 0.5) is 14.5 Å². The number of hydrogen-bond acceptors (Lipinski definition) is 2. The summed E-state index contributed by atoms with van der Waals surface area (Å²) in [7, 11) is 0. The maximum atomic E-state index is 13.6. The van der Waals surface area contributed by atoms with Gasteiger partial charge in [-0.2, -0.15) is 5.26 Å². The molecule has 0 aliphatic rings. The summed E-state index contributed by atoms with van der Waals surface area (Å²) >= 11 is 2.97. The average molecular weight is 337 g/mol. The highest BCUT2D eigenvalue weighted by Crippen LogP contribution is 2.19. The number of benzene rings is 2. The number of halogens is 3. The molecular weight excluding hydrogens is 330 g/mol. The van der Waals surface area contributed by atoms with Gasteiger partial charge in [0.05, 0.1) is 21.8 Å². The number of anilines is 1. The Kier molecular flexibility index (Phi) is 4.11. The van der Waals surface area contributed by atoms with E-state index in [0.717, 1.165) is 12.1 Å². The van der Waals surface area contributed by atoms with Gasteiger partial charge in [-0.3, -0.25) is 4.79 Å². The Bertz CT molecular complexity index is 726. The average Bonchev–Trinajstić information content (AvgIpc) is 2.43. The van der Waals surface area contributed by atoms with Gasteiger partial charge in [0.2, 0.25) is 0 Å². The lowest BCUT2D eigenvalue weighted by atomic mass is 10.2. The van der Waals surface area contributed by atoms with Crippen molar-refractivity contribution in [3.8, 4) is 6.07 Å². The molecule has 3 nitrogen and oxygen atoms in total. The third-order valence-corrected chi connectivity index (χ3v) is 3.14. The Morgan fingerprint density at radius 1 is 1.15 bits per heavy atom. The first-order valence-corrected chi connectivity index (χ1v) is 6.26. The third kappa shape index (κ3) is 3.00.